The van der Waals surface area contributed by atoms with E-state index >= 15 is 0 Å². The predicted molar refractivity (Wildman–Crippen MR) is 307 cm³/mol. The van der Waals surface area contributed by atoms with Gasteiger partial charge in [-0.25, -0.2) is 4.57 Å². The summed E-state index contributed by atoms with van der Waals surface area (Å²) in [5.74, 6) is -1.65. The summed E-state index contributed by atoms with van der Waals surface area (Å²) in [6.07, 6.45) is 66.4. The van der Waals surface area contributed by atoms with E-state index in [0.29, 0.717) is 19.3 Å². The number of aliphatic hydroxyl groups is 1. The maximum atomic E-state index is 12.9. The monoisotopic (exact) mass is 1050 g/mol. The van der Waals surface area contributed by atoms with Crippen LogP contribution in [0.25, 0.3) is 0 Å². The first-order valence-corrected chi connectivity index (χ1v) is 30.3. The highest BCUT2D eigenvalue weighted by molar-refractivity contribution is 7.47. The molecule has 0 rings (SSSR count). The van der Waals surface area contributed by atoms with Gasteiger partial charge < -0.3 is 24.2 Å². The summed E-state index contributed by atoms with van der Waals surface area (Å²) in [5, 5.41) is 9.81. The van der Waals surface area contributed by atoms with Crippen LogP contribution in [0.3, 0.4) is 0 Å². The molecule has 0 amide bonds. The largest absolute Gasteiger partial charge is 0.472 e. The Morgan fingerprint density at radius 3 is 1.15 bits per heavy atom. The molecule has 0 saturated carbocycles. The van der Waals surface area contributed by atoms with Crippen LogP contribution < -0.4 is 0 Å². The number of carbonyl (C=O) groups is 3. The van der Waals surface area contributed by atoms with Crippen molar-refractivity contribution in [2.75, 3.05) is 26.4 Å². The van der Waals surface area contributed by atoms with E-state index in [0.717, 1.165) is 116 Å². The Labute approximate surface area is 450 Å². The van der Waals surface area contributed by atoms with Gasteiger partial charge in [0.25, 0.3) is 0 Å². The lowest BCUT2D eigenvalue weighted by atomic mass is 10.1. The molecule has 0 aromatic carbocycles. The zero-order valence-corrected chi connectivity index (χ0v) is 47.4. The van der Waals surface area contributed by atoms with Gasteiger partial charge in [-0.15, -0.1) is 0 Å². The van der Waals surface area contributed by atoms with Crippen molar-refractivity contribution < 1.29 is 52.2 Å². The minimum Gasteiger partial charge on any atom is -0.461 e. The molecule has 422 valence electrons. The fraction of sp³-hybridized carbons (Fsp3) is 0.661. The zero-order chi connectivity index (χ0) is 54.1. The molecular weight excluding hydrogens is 952 g/mol. The second-order valence-electron chi connectivity index (χ2n) is 18.7. The smallest absolute Gasteiger partial charge is 0.461 e. The molecule has 0 aromatic rings. The fourth-order valence-electron chi connectivity index (χ4n) is 7.31. The maximum Gasteiger partial charge on any atom is 0.472 e. The molecule has 0 bridgehead atoms. The highest BCUT2D eigenvalue weighted by Gasteiger charge is 2.28. The molecule has 0 aliphatic heterocycles. The molecule has 0 aliphatic carbocycles. The van der Waals surface area contributed by atoms with Crippen molar-refractivity contribution in [2.24, 2.45) is 0 Å². The van der Waals surface area contributed by atoms with E-state index in [2.05, 4.69) is 112 Å². The van der Waals surface area contributed by atoms with Crippen molar-refractivity contribution in [3.05, 3.63) is 109 Å². The molecule has 0 saturated heterocycles. The first-order chi connectivity index (χ1) is 36.2. The highest BCUT2D eigenvalue weighted by Crippen LogP contribution is 2.43. The molecule has 3 unspecified atom stereocenters. The second-order valence-corrected chi connectivity index (χ2v) is 20.2. The summed E-state index contributed by atoms with van der Waals surface area (Å²) in [6, 6.07) is 0. The molecule has 11 nitrogen and oxygen atoms in total. The van der Waals surface area contributed by atoms with Crippen LogP contribution in [-0.4, -0.2) is 66.5 Å². The number of phosphoric acid groups is 1. The van der Waals surface area contributed by atoms with E-state index in [1.165, 1.54) is 51.4 Å². The van der Waals surface area contributed by atoms with Crippen LogP contribution in [0.1, 0.15) is 226 Å². The molecule has 12 heteroatoms. The molecular formula is C62H103O11P. The van der Waals surface area contributed by atoms with Gasteiger partial charge in [-0.3, -0.25) is 23.4 Å². The lowest BCUT2D eigenvalue weighted by Gasteiger charge is -2.21. The van der Waals surface area contributed by atoms with Crippen molar-refractivity contribution >= 4 is 25.7 Å². The standard InChI is InChI=1S/C62H103O11P/c1-4-7-10-13-16-19-22-25-28-29-32-35-38-41-44-47-50-53-62(66)73-59(55-69-60(64)51-48-45-42-39-36-33-30-26-23-20-17-14-11-8-5-2)57-71-74(67,68)70-56-58(54-63)72-61(65)52-49-46-43-40-37-34-31-27-24-21-18-15-12-9-6-3/h8,11,16-21,25-28,30-31,36,39,45,48,58-59,63H,4-7,9-10,12-15,22-24,29,32-35,37-38,40-44,46-47,49-57H2,1-3H3,(H,67,68)/b11-8-,19-16-,20-17-,21-18-,28-25-,30-26-,31-27-,39-36-,48-45-. The van der Waals surface area contributed by atoms with Crippen LogP contribution in [0.2, 0.25) is 0 Å². The summed E-state index contributed by atoms with van der Waals surface area (Å²) < 4.78 is 39.4. The van der Waals surface area contributed by atoms with Crippen molar-refractivity contribution in [1.82, 2.24) is 0 Å². The Morgan fingerprint density at radius 2 is 0.743 bits per heavy atom. The van der Waals surface area contributed by atoms with Crippen LogP contribution in [0.4, 0.5) is 0 Å². The van der Waals surface area contributed by atoms with Gasteiger partial charge in [0.2, 0.25) is 0 Å². The van der Waals surface area contributed by atoms with Gasteiger partial charge in [0.05, 0.1) is 26.2 Å². The summed E-state index contributed by atoms with van der Waals surface area (Å²) in [6.45, 7) is 4.33. The molecule has 0 spiro atoms. The van der Waals surface area contributed by atoms with E-state index in [9.17, 15) is 28.9 Å². The number of ether oxygens (including phenoxy) is 3. The summed E-state index contributed by atoms with van der Waals surface area (Å²) >= 11 is 0. The molecule has 74 heavy (non-hydrogen) atoms. The molecule has 2 N–H and O–H groups in total. The Morgan fingerprint density at radius 1 is 0.405 bits per heavy atom. The molecule has 0 fully saturated rings. The van der Waals surface area contributed by atoms with Crippen LogP contribution in [0, 0.1) is 0 Å². The first-order valence-electron chi connectivity index (χ1n) is 28.8. The van der Waals surface area contributed by atoms with E-state index in [1.54, 1.807) is 6.08 Å². The highest BCUT2D eigenvalue weighted by atomic mass is 31.2. The number of phosphoric ester groups is 1. The third-order valence-electron chi connectivity index (χ3n) is 11.7. The Bertz CT molecular complexity index is 1660. The number of hydrogen-bond donors (Lipinski definition) is 2. The molecule has 3 atom stereocenters. The predicted octanol–water partition coefficient (Wildman–Crippen LogP) is 17.0. The minimum atomic E-state index is -4.78. The quantitative estimate of drug-likeness (QED) is 0.0197. The molecule has 0 heterocycles. The number of esters is 3. The third kappa shape index (κ3) is 53.0. The number of unbranched alkanes of at least 4 members (excludes halogenated alkanes) is 18. The van der Waals surface area contributed by atoms with Crippen LogP contribution in [-0.2, 0) is 42.2 Å². The van der Waals surface area contributed by atoms with Crippen LogP contribution >= 0.6 is 7.82 Å². The normalized spacial score (nSPS) is 14.2. The fourth-order valence-corrected chi connectivity index (χ4v) is 8.10. The van der Waals surface area contributed by atoms with E-state index in [-0.39, 0.29) is 19.3 Å². The Hall–Kier alpha value is -3.86. The number of carbonyl (C=O) groups excluding carboxylic acids is 3. The van der Waals surface area contributed by atoms with Gasteiger partial charge in [-0.2, -0.15) is 0 Å². The molecule has 0 radical (unpaired) electrons. The molecule has 0 aromatic heterocycles. The minimum absolute atomic E-state index is 0.0129. The average Bonchev–Trinajstić information content (AvgIpc) is 3.39. The van der Waals surface area contributed by atoms with Crippen molar-refractivity contribution in [1.29, 1.82) is 0 Å². The van der Waals surface area contributed by atoms with Gasteiger partial charge >= 0.3 is 25.7 Å². The lowest BCUT2D eigenvalue weighted by molar-refractivity contribution is -0.161. The maximum absolute atomic E-state index is 12.9. The number of hydrogen-bond acceptors (Lipinski definition) is 10. The number of allylic oxidation sites excluding steroid dienone is 17. The topological polar surface area (TPSA) is 155 Å². The van der Waals surface area contributed by atoms with Gasteiger partial charge in [0.15, 0.2) is 6.10 Å². The van der Waals surface area contributed by atoms with Crippen molar-refractivity contribution in [2.45, 2.75) is 238 Å². The average molecular weight is 1060 g/mol. The zero-order valence-electron chi connectivity index (χ0n) is 46.5. The third-order valence-corrected chi connectivity index (χ3v) is 12.6. The number of aliphatic hydroxyl groups excluding tert-OH is 1. The summed E-state index contributed by atoms with van der Waals surface area (Å²) in [7, 11) is -4.78. The van der Waals surface area contributed by atoms with Gasteiger partial charge in [-0.05, 0) is 109 Å². The van der Waals surface area contributed by atoms with Crippen LogP contribution in [0.15, 0.2) is 109 Å². The van der Waals surface area contributed by atoms with E-state index < -0.39 is 64.4 Å². The second kappa shape index (κ2) is 55.4. The summed E-state index contributed by atoms with van der Waals surface area (Å²) in [5.41, 5.74) is 0. The Kier molecular flexibility index (Phi) is 52.5. The van der Waals surface area contributed by atoms with Gasteiger partial charge in [0, 0.05) is 12.8 Å². The Balaban J connectivity index is 4.86. The summed E-state index contributed by atoms with van der Waals surface area (Å²) in [4.78, 5) is 48.5. The van der Waals surface area contributed by atoms with Crippen molar-refractivity contribution in [3.8, 4) is 0 Å². The number of rotatable bonds is 52. The van der Waals surface area contributed by atoms with Gasteiger partial charge in [-0.1, -0.05) is 207 Å². The van der Waals surface area contributed by atoms with Crippen molar-refractivity contribution in [3.63, 3.8) is 0 Å². The van der Waals surface area contributed by atoms with E-state index in [1.807, 2.05) is 12.2 Å². The first kappa shape index (κ1) is 70.1. The molecule has 0 aliphatic rings. The van der Waals surface area contributed by atoms with E-state index in [4.69, 9.17) is 23.3 Å². The van der Waals surface area contributed by atoms with Crippen LogP contribution in [0.5, 0.6) is 0 Å². The van der Waals surface area contributed by atoms with Gasteiger partial charge in [0.1, 0.15) is 12.7 Å². The SMILES string of the molecule is CC/C=C\C/C=C\C/C=C\C/C=C\C/C=C\CC(=O)OCC(COP(=O)(O)OCC(CO)OC(=O)CCCCCCC/C=C\C/C=C\CCCCC)OC(=O)CCCCCCCCC/C=C\C/C=C\CCCCC. The lowest BCUT2D eigenvalue weighted by Crippen LogP contribution is -2.30.